The van der Waals surface area contributed by atoms with Gasteiger partial charge in [-0.3, -0.25) is 0 Å². The molecule has 9 heavy (non-hydrogen) atoms. The largest absolute Gasteiger partial charge is 0.192 e. The van der Waals surface area contributed by atoms with Gasteiger partial charge in [-0.05, 0) is 12.2 Å². The molecule has 0 spiro atoms. The molecule has 42 valence electrons. The van der Waals surface area contributed by atoms with Crippen LogP contribution < -0.4 is 0 Å². The predicted octanol–water partition coefficient (Wildman–Crippen LogP) is 1.72. The maximum atomic E-state index is 8.37. The van der Waals surface area contributed by atoms with E-state index < -0.39 is 0 Å². The molecule has 0 radical (unpaired) electrons. The summed E-state index contributed by atoms with van der Waals surface area (Å²) in [6, 6.07) is 1.99. The minimum absolute atomic E-state index is 0.569. The van der Waals surface area contributed by atoms with Crippen LogP contribution in [0.15, 0.2) is 41.7 Å². The zero-order valence-corrected chi connectivity index (χ0v) is 4.83. The second-order valence-corrected chi connectivity index (χ2v) is 1.58. The summed E-state index contributed by atoms with van der Waals surface area (Å²) >= 11 is 0. The van der Waals surface area contributed by atoms with Gasteiger partial charge in [-0.15, -0.1) is 5.73 Å². The van der Waals surface area contributed by atoms with Gasteiger partial charge in [0, 0.05) is 0 Å². The van der Waals surface area contributed by atoms with Crippen LogP contribution in [0, 0.1) is 11.3 Å². The summed E-state index contributed by atoms with van der Waals surface area (Å²) in [4.78, 5) is 0. The first-order valence-corrected chi connectivity index (χ1v) is 2.63. The monoisotopic (exact) mass is 115 g/mol. The molecule has 0 atom stereocenters. The number of allylic oxidation sites excluding steroid dienone is 5. The molecule has 1 aliphatic carbocycles. The van der Waals surface area contributed by atoms with Crippen LogP contribution in [0.4, 0.5) is 0 Å². The van der Waals surface area contributed by atoms with Crippen molar-refractivity contribution in [3.05, 3.63) is 41.7 Å². The van der Waals surface area contributed by atoms with E-state index in [0.29, 0.717) is 5.57 Å². The minimum atomic E-state index is 0.569. The fourth-order valence-corrected chi connectivity index (χ4v) is 0.527. The minimum Gasteiger partial charge on any atom is -0.192 e. The first kappa shape index (κ1) is 5.62. The van der Waals surface area contributed by atoms with Crippen molar-refractivity contribution in [1.29, 1.82) is 5.26 Å². The number of hydrogen-bond acceptors (Lipinski definition) is 1. The Labute approximate surface area is 53.9 Å². The summed E-state index contributed by atoms with van der Waals surface area (Å²) in [7, 11) is 0. The molecule has 0 amide bonds. The molecule has 0 aromatic rings. The van der Waals surface area contributed by atoms with Crippen molar-refractivity contribution in [3.63, 3.8) is 0 Å². The Morgan fingerprint density at radius 1 is 1.33 bits per heavy atom. The van der Waals surface area contributed by atoms with Crippen LogP contribution in [0.3, 0.4) is 0 Å². The molecule has 0 fully saturated rings. The SMILES string of the molecule is N#CC1=C=CC=CC=C1. The van der Waals surface area contributed by atoms with E-state index >= 15 is 0 Å². The molecular weight excluding hydrogens is 110 g/mol. The van der Waals surface area contributed by atoms with Gasteiger partial charge >= 0.3 is 0 Å². The van der Waals surface area contributed by atoms with E-state index in [2.05, 4.69) is 5.73 Å². The van der Waals surface area contributed by atoms with Gasteiger partial charge in [0.15, 0.2) is 0 Å². The number of nitriles is 1. The van der Waals surface area contributed by atoms with Gasteiger partial charge in [0.05, 0.1) is 5.57 Å². The van der Waals surface area contributed by atoms with Crippen LogP contribution in [0.1, 0.15) is 0 Å². The van der Waals surface area contributed by atoms with Crippen LogP contribution in [0.5, 0.6) is 0 Å². The van der Waals surface area contributed by atoms with E-state index in [1.165, 1.54) is 0 Å². The second kappa shape index (κ2) is 2.71. The number of rotatable bonds is 0. The van der Waals surface area contributed by atoms with Crippen molar-refractivity contribution in [2.24, 2.45) is 0 Å². The average Bonchev–Trinajstić information content (AvgIpc) is 2.13. The standard InChI is InChI=1S/C8H5N/c9-7-8-5-3-1-2-4-6-8/h1-5H. The summed E-state index contributed by atoms with van der Waals surface area (Å²) in [5.41, 5.74) is 3.36. The fraction of sp³-hybridized carbons (Fsp3) is 0. The molecular formula is C8H5N. The lowest BCUT2D eigenvalue weighted by Crippen LogP contribution is -1.62. The van der Waals surface area contributed by atoms with Crippen LogP contribution in [-0.4, -0.2) is 0 Å². The van der Waals surface area contributed by atoms with Crippen molar-refractivity contribution in [1.82, 2.24) is 0 Å². The first-order valence-electron chi connectivity index (χ1n) is 2.63. The summed E-state index contributed by atoms with van der Waals surface area (Å²) in [5.74, 6) is 0. The summed E-state index contributed by atoms with van der Waals surface area (Å²) in [5, 5.41) is 8.37. The van der Waals surface area contributed by atoms with E-state index in [0.717, 1.165) is 0 Å². The van der Waals surface area contributed by atoms with Gasteiger partial charge in [0.2, 0.25) is 0 Å². The third kappa shape index (κ3) is 1.45. The summed E-state index contributed by atoms with van der Waals surface area (Å²) < 4.78 is 0. The molecule has 0 aromatic heterocycles. The van der Waals surface area contributed by atoms with Crippen LogP contribution >= 0.6 is 0 Å². The number of nitrogens with zero attached hydrogens (tertiary/aromatic N) is 1. The molecule has 1 nitrogen and oxygen atoms in total. The van der Waals surface area contributed by atoms with Crippen LogP contribution in [0.2, 0.25) is 0 Å². The first-order chi connectivity index (χ1) is 4.43. The molecule has 0 saturated carbocycles. The third-order valence-electron chi connectivity index (χ3n) is 0.941. The maximum Gasteiger partial charge on any atom is 0.108 e. The van der Waals surface area contributed by atoms with E-state index in [-0.39, 0.29) is 0 Å². The molecule has 0 aromatic carbocycles. The molecule has 0 N–H and O–H groups in total. The van der Waals surface area contributed by atoms with E-state index in [1.54, 1.807) is 12.2 Å². The molecule has 1 aliphatic rings. The Hall–Kier alpha value is -1.51. The molecule has 0 heterocycles. The van der Waals surface area contributed by atoms with Crippen molar-refractivity contribution < 1.29 is 0 Å². The molecule has 0 bridgehead atoms. The van der Waals surface area contributed by atoms with Gasteiger partial charge in [-0.25, -0.2) is 0 Å². The van der Waals surface area contributed by atoms with Gasteiger partial charge in [0.25, 0.3) is 0 Å². The van der Waals surface area contributed by atoms with Gasteiger partial charge in [0.1, 0.15) is 6.07 Å². The van der Waals surface area contributed by atoms with Crippen molar-refractivity contribution in [2.45, 2.75) is 0 Å². The Balaban J connectivity index is 3.01. The van der Waals surface area contributed by atoms with E-state index in [4.69, 9.17) is 5.26 Å². The lowest BCUT2D eigenvalue weighted by atomic mass is 10.3. The fourth-order valence-electron chi connectivity index (χ4n) is 0.527. The second-order valence-electron chi connectivity index (χ2n) is 1.58. The Morgan fingerprint density at radius 3 is 3.00 bits per heavy atom. The number of hydrogen-bond donors (Lipinski definition) is 0. The van der Waals surface area contributed by atoms with Gasteiger partial charge < -0.3 is 0 Å². The van der Waals surface area contributed by atoms with E-state index in [1.807, 2.05) is 24.3 Å². The molecule has 1 rings (SSSR count). The predicted molar refractivity (Wildman–Crippen MR) is 35.5 cm³/mol. The van der Waals surface area contributed by atoms with Crippen molar-refractivity contribution in [2.75, 3.05) is 0 Å². The molecule has 0 unspecified atom stereocenters. The summed E-state index contributed by atoms with van der Waals surface area (Å²) in [6.07, 6.45) is 8.95. The average molecular weight is 115 g/mol. The highest BCUT2D eigenvalue weighted by Gasteiger charge is 1.82. The summed E-state index contributed by atoms with van der Waals surface area (Å²) in [6.45, 7) is 0. The Morgan fingerprint density at radius 2 is 2.22 bits per heavy atom. The maximum absolute atomic E-state index is 8.37. The topological polar surface area (TPSA) is 23.8 Å². The zero-order valence-electron chi connectivity index (χ0n) is 4.83. The molecule has 0 saturated heterocycles. The lowest BCUT2D eigenvalue weighted by Gasteiger charge is -1.72. The molecule has 0 aliphatic heterocycles. The smallest absolute Gasteiger partial charge is 0.108 e. The van der Waals surface area contributed by atoms with Crippen LogP contribution in [-0.2, 0) is 0 Å². The quantitative estimate of drug-likeness (QED) is 0.441. The lowest BCUT2D eigenvalue weighted by molar-refractivity contribution is 1.50. The zero-order chi connectivity index (χ0) is 6.53. The van der Waals surface area contributed by atoms with Crippen molar-refractivity contribution >= 4 is 0 Å². The van der Waals surface area contributed by atoms with Crippen LogP contribution in [0.25, 0.3) is 0 Å². The van der Waals surface area contributed by atoms with Gasteiger partial charge in [-0.1, -0.05) is 18.2 Å². The van der Waals surface area contributed by atoms with Gasteiger partial charge in [-0.2, -0.15) is 5.26 Å². The highest BCUT2D eigenvalue weighted by atomic mass is 14.2. The highest BCUT2D eigenvalue weighted by Crippen LogP contribution is 1.95. The highest BCUT2D eigenvalue weighted by molar-refractivity contribution is 5.36. The third-order valence-corrected chi connectivity index (χ3v) is 0.941. The normalized spacial score (nSPS) is 14.3. The molecule has 1 heteroatoms. The van der Waals surface area contributed by atoms with Crippen molar-refractivity contribution in [3.8, 4) is 6.07 Å². The van der Waals surface area contributed by atoms with E-state index in [9.17, 15) is 0 Å². The Kier molecular flexibility index (Phi) is 1.70. The Bertz CT molecular complexity index is 255.